The van der Waals surface area contributed by atoms with E-state index in [-0.39, 0.29) is 5.97 Å². The zero-order valence-electron chi connectivity index (χ0n) is 15.7. The van der Waals surface area contributed by atoms with Crippen molar-refractivity contribution in [3.63, 3.8) is 0 Å². The molecule has 0 N–H and O–H groups in total. The molecule has 3 rings (SSSR count). The van der Waals surface area contributed by atoms with Gasteiger partial charge in [0.2, 0.25) is 0 Å². The van der Waals surface area contributed by atoms with Crippen molar-refractivity contribution >= 4 is 11.5 Å². The third kappa shape index (κ3) is 4.41. The van der Waals surface area contributed by atoms with E-state index in [0.29, 0.717) is 0 Å². The smallest absolute Gasteiger partial charge is 0.334 e. The lowest BCUT2D eigenvalue weighted by molar-refractivity contribution is -0.136. The second kappa shape index (κ2) is 8.81. The van der Waals surface area contributed by atoms with Crippen molar-refractivity contribution in [2.24, 2.45) is 0 Å². The van der Waals surface area contributed by atoms with Gasteiger partial charge in [-0.25, -0.2) is 4.79 Å². The standard InChI is InChI=1S/C23H27NO2/c1-18-9-6-7-13-20(18)22-17-24(16-14-21(22)23(25)26-2)15-8-12-19-10-4-3-5-11-19/h3-7,9-11,13H,8,12,14-17H2,1-2H3. The first-order chi connectivity index (χ1) is 12.7. The number of carbonyl (C=O) groups excluding carboxylic acids is 1. The van der Waals surface area contributed by atoms with Crippen LogP contribution >= 0.6 is 0 Å². The van der Waals surface area contributed by atoms with E-state index in [2.05, 4.69) is 54.3 Å². The summed E-state index contributed by atoms with van der Waals surface area (Å²) >= 11 is 0. The van der Waals surface area contributed by atoms with E-state index < -0.39 is 0 Å². The van der Waals surface area contributed by atoms with Gasteiger partial charge in [0, 0.05) is 18.7 Å². The van der Waals surface area contributed by atoms with E-state index in [1.165, 1.54) is 23.8 Å². The molecule has 0 amide bonds. The molecule has 2 aromatic rings. The lowest BCUT2D eigenvalue weighted by Gasteiger charge is -2.31. The van der Waals surface area contributed by atoms with E-state index in [9.17, 15) is 4.79 Å². The van der Waals surface area contributed by atoms with E-state index in [4.69, 9.17) is 4.74 Å². The summed E-state index contributed by atoms with van der Waals surface area (Å²) in [6, 6.07) is 18.9. The number of methoxy groups -OCH3 is 1. The molecular weight excluding hydrogens is 322 g/mol. The van der Waals surface area contributed by atoms with Crippen LogP contribution in [0.4, 0.5) is 0 Å². The summed E-state index contributed by atoms with van der Waals surface area (Å²) in [4.78, 5) is 14.7. The summed E-state index contributed by atoms with van der Waals surface area (Å²) in [6.45, 7) is 4.86. The Labute approximate surface area is 156 Å². The Kier molecular flexibility index (Phi) is 6.24. The van der Waals surface area contributed by atoms with Gasteiger partial charge in [0.05, 0.1) is 7.11 Å². The van der Waals surface area contributed by atoms with Crippen molar-refractivity contribution < 1.29 is 9.53 Å². The van der Waals surface area contributed by atoms with Crippen LogP contribution in [0.3, 0.4) is 0 Å². The Hall–Kier alpha value is -2.39. The Morgan fingerprint density at radius 2 is 1.81 bits per heavy atom. The molecule has 136 valence electrons. The summed E-state index contributed by atoms with van der Waals surface area (Å²) in [7, 11) is 1.47. The molecule has 0 unspecified atom stereocenters. The zero-order valence-corrected chi connectivity index (χ0v) is 15.7. The van der Waals surface area contributed by atoms with Crippen LogP contribution in [-0.2, 0) is 16.0 Å². The Morgan fingerprint density at radius 1 is 1.08 bits per heavy atom. The molecule has 0 aromatic heterocycles. The number of aryl methyl sites for hydroxylation is 2. The van der Waals surface area contributed by atoms with Gasteiger partial charge in [0.25, 0.3) is 0 Å². The molecule has 0 spiro atoms. The minimum absolute atomic E-state index is 0.188. The van der Waals surface area contributed by atoms with Gasteiger partial charge in [-0.15, -0.1) is 0 Å². The minimum Gasteiger partial charge on any atom is -0.466 e. The van der Waals surface area contributed by atoms with Crippen LogP contribution in [0.25, 0.3) is 5.57 Å². The maximum Gasteiger partial charge on any atom is 0.334 e. The van der Waals surface area contributed by atoms with Crippen LogP contribution in [0.15, 0.2) is 60.2 Å². The quantitative estimate of drug-likeness (QED) is 0.730. The number of rotatable bonds is 6. The van der Waals surface area contributed by atoms with Gasteiger partial charge in [0.15, 0.2) is 0 Å². The molecule has 0 aliphatic carbocycles. The highest BCUT2D eigenvalue weighted by Crippen LogP contribution is 2.29. The average molecular weight is 349 g/mol. The molecule has 3 heteroatoms. The average Bonchev–Trinajstić information content (AvgIpc) is 2.68. The predicted molar refractivity (Wildman–Crippen MR) is 106 cm³/mol. The molecule has 2 aromatic carbocycles. The van der Waals surface area contributed by atoms with Crippen LogP contribution in [0.1, 0.15) is 29.5 Å². The first-order valence-electron chi connectivity index (χ1n) is 9.31. The monoisotopic (exact) mass is 349 g/mol. The molecule has 0 atom stereocenters. The van der Waals surface area contributed by atoms with Crippen molar-refractivity contribution in [2.45, 2.75) is 26.2 Å². The molecule has 0 saturated heterocycles. The van der Waals surface area contributed by atoms with Gasteiger partial charge >= 0.3 is 5.97 Å². The van der Waals surface area contributed by atoms with Gasteiger partial charge in [-0.05, 0) is 55.0 Å². The van der Waals surface area contributed by atoms with Gasteiger partial charge < -0.3 is 4.74 Å². The maximum absolute atomic E-state index is 12.3. The predicted octanol–water partition coefficient (Wildman–Crippen LogP) is 4.26. The topological polar surface area (TPSA) is 29.5 Å². The largest absolute Gasteiger partial charge is 0.466 e. The highest BCUT2D eigenvalue weighted by molar-refractivity contribution is 5.98. The Morgan fingerprint density at radius 3 is 2.54 bits per heavy atom. The van der Waals surface area contributed by atoms with Crippen LogP contribution in [0.2, 0.25) is 0 Å². The molecule has 1 aliphatic rings. The van der Waals surface area contributed by atoms with Crippen LogP contribution in [0, 0.1) is 6.92 Å². The fourth-order valence-corrected chi connectivity index (χ4v) is 3.67. The summed E-state index contributed by atoms with van der Waals surface area (Å²) < 4.78 is 5.04. The number of nitrogens with zero attached hydrogens (tertiary/aromatic N) is 1. The summed E-state index contributed by atoms with van der Waals surface area (Å²) in [5.41, 5.74) is 5.71. The van der Waals surface area contributed by atoms with Crippen molar-refractivity contribution in [1.82, 2.24) is 4.90 Å². The molecular formula is C23H27NO2. The third-order valence-corrected chi connectivity index (χ3v) is 5.11. The SMILES string of the molecule is COC(=O)C1=C(c2ccccc2C)CN(CCCc2ccccc2)CC1. The number of hydrogen-bond acceptors (Lipinski definition) is 3. The zero-order chi connectivity index (χ0) is 18.4. The number of ether oxygens (including phenoxy) is 1. The first-order valence-corrected chi connectivity index (χ1v) is 9.31. The highest BCUT2D eigenvalue weighted by Gasteiger charge is 2.25. The maximum atomic E-state index is 12.3. The molecule has 0 bridgehead atoms. The van der Waals surface area contributed by atoms with Crippen molar-refractivity contribution in [2.75, 3.05) is 26.7 Å². The van der Waals surface area contributed by atoms with Crippen LogP contribution in [-0.4, -0.2) is 37.6 Å². The second-order valence-corrected chi connectivity index (χ2v) is 6.88. The van der Waals surface area contributed by atoms with Crippen LogP contribution < -0.4 is 0 Å². The molecule has 26 heavy (non-hydrogen) atoms. The van der Waals surface area contributed by atoms with Gasteiger partial charge in [-0.1, -0.05) is 54.6 Å². The summed E-state index contributed by atoms with van der Waals surface area (Å²) in [5.74, 6) is -0.188. The number of benzene rings is 2. The van der Waals surface area contributed by atoms with Crippen molar-refractivity contribution in [1.29, 1.82) is 0 Å². The van der Waals surface area contributed by atoms with E-state index in [0.717, 1.165) is 50.0 Å². The molecule has 0 saturated carbocycles. The number of hydrogen-bond donors (Lipinski definition) is 0. The second-order valence-electron chi connectivity index (χ2n) is 6.88. The van der Waals surface area contributed by atoms with E-state index in [1.807, 2.05) is 12.1 Å². The van der Waals surface area contributed by atoms with Crippen LogP contribution in [0.5, 0.6) is 0 Å². The molecule has 1 aliphatic heterocycles. The molecule has 0 fully saturated rings. The van der Waals surface area contributed by atoms with Gasteiger partial charge in [0.1, 0.15) is 0 Å². The lowest BCUT2D eigenvalue weighted by Crippen LogP contribution is -2.34. The summed E-state index contributed by atoms with van der Waals surface area (Å²) in [5, 5.41) is 0. The number of esters is 1. The summed E-state index contributed by atoms with van der Waals surface area (Å²) in [6.07, 6.45) is 2.96. The van der Waals surface area contributed by atoms with E-state index >= 15 is 0 Å². The Bertz CT molecular complexity index is 780. The number of carbonyl (C=O) groups is 1. The van der Waals surface area contributed by atoms with Crippen molar-refractivity contribution in [3.05, 3.63) is 76.9 Å². The molecule has 0 radical (unpaired) electrons. The van der Waals surface area contributed by atoms with Gasteiger partial charge in [-0.3, -0.25) is 4.90 Å². The van der Waals surface area contributed by atoms with Crippen molar-refractivity contribution in [3.8, 4) is 0 Å². The van der Waals surface area contributed by atoms with Gasteiger partial charge in [-0.2, -0.15) is 0 Å². The lowest BCUT2D eigenvalue weighted by atomic mass is 9.91. The normalized spacial score (nSPS) is 15.2. The fourth-order valence-electron chi connectivity index (χ4n) is 3.67. The fraction of sp³-hybridized carbons (Fsp3) is 0.348. The molecule has 3 nitrogen and oxygen atoms in total. The Balaban J connectivity index is 1.72. The minimum atomic E-state index is -0.188. The molecule has 1 heterocycles. The highest BCUT2D eigenvalue weighted by atomic mass is 16.5. The van der Waals surface area contributed by atoms with E-state index in [1.54, 1.807) is 0 Å². The third-order valence-electron chi connectivity index (χ3n) is 5.11. The first kappa shape index (κ1) is 18.4.